The zero-order chi connectivity index (χ0) is 45.8. The summed E-state index contributed by atoms with van der Waals surface area (Å²) in [5, 5.41) is 0. The van der Waals surface area contributed by atoms with Crippen LogP contribution in [-0.4, -0.2) is 0 Å². The van der Waals surface area contributed by atoms with E-state index in [1.807, 2.05) is 0 Å². The Kier molecular flexibility index (Phi) is 8.80. The highest BCUT2D eigenvalue weighted by Crippen LogP contribution is 2.63. The smallest absolute Gasteiger partial charge is 0.0977 e. The van der Waals surface area contributed by atoms with Gasteiger partial charge < -0.3 is 4.90 Å². The van der Waals surface area contributed by atoms with Crippen LogP contribution in [0.15, 0.2) is 224 Å². The van der Waals surface area contributed by atoms with Crippen molar-refractivity contribution in [2.45, 2.75) is 43.9 Å². The van der Waals surface area contributed by atoms with Crippen LogP contribution in [-0.2, 0) is 16.2 Å². The van der Waals surface area contributed by atoms with Crippen LogP contribution in [0.2, 0.25) is 0 Å². The maximum absolute atomic E-state index is 3.74. The molecule has 10 aromatic carbocycles. The van der Waals surface area contributed by atoms with Crippen LogP contribution < -0.4 is 4.90 Å². The lowest BCUT2D eigenvalue weighted by Gasteiger charge is -2.46. The summed E-state index contributed by atoms with van der Waals surface area (Å²) in [6.45, 7) is 9.54. The molecule has 0 saturated heterocycles. The molecule has 1 heteroatoms. The molecule has 0 aromatic heterocycles. The van der Waals surface area contributed by atoms with Gasteiger partial charge in [0.05, 0.1) is 11.1 Å². The quantitative estimate of drug-likeness (QED) is 0.161. The molecule has 0 unspecified atom stereocenters. The lowest BCUT2D eigenvalue weighted by Crippen LogP contribution is -2.40. The van der Waals surface area contributed by atoms with Crippen LogP contribution in [0.5, 0.6) is 0 Å². The molecular weight excluding hydrogens is 819 g/mol. The van der Waals surface area contributed by atoms with E-state index < -0.39 is 5.41 Å². The Balaban J connectivity index is 0.930. The fraction of sp³-hybridized carbons (Fsp3) is 0.104. The standard InChI is InChI=1S/C67H49N/c1-65(2)57-25-13-15-27-59(57)67(60-28-16-14-26-58(60)65)56-24-12-11-22-55(56)64-52(23-17-29-61(64)67)48-34-40-53-54-41-39-51(43-63(54)66(3,4)62(53)42-48)68(49-35-30-46(31-36-49)44-18-7-5-8-19-44)50-37-32-47(33-38-50)45-20-9-6-10-21-45/h5-38,40,42-43H,1-4H3. The third-order valence-corrected chi connectivity index (χ3v) is 15.6. The molecule has 0 atom stereocenters. The normalized spacial score (nSPS) is 14.7. The van der Waals surface area contributed by atoms with E-state index in [4.69, 9.17) is 0 Å². The van der Waals surface area contributed by atoms with Crippen molar-refractivity contribution in [3.05, 3.63) is 281 Å². The summed E-state index contributed by atoms with van der Waals surface area (Å²) in [6.07, 6.45) is 0. The summed E-state index contributed by atoms with van der Waals surface area (Å²) in [4.78, 5) is 2.33. The van der Waals surface area contributed by atoms with Crippen molar-refractivity contribution >= 4 is 17.1 Å². The maximum atomic E-state index is 3.74. The molecule has 322 valence electrons. The SMILES string of the molecule is CC1(C)c2cc(N(c3ccc(-c4ccccc4)cc3)c3ccc(-c4ccccc4)cc3)c#cc2-c2ccc(-c3cccc4c3-c3ccccc3C43c4ccccc4C(C)(C)c4ccccc43)cc21. The van der Waals surface area contributed by atoms with Gasteiger partial charge in [0.2, 0.25) is 0 Å². The summed E-state index contributed by atoms with van der Waals surface area (Å²) in [5.41, 5.74) is 25.3. The third kappa shape index (κ3) is 5.71. The molecule has 0 bridgehead atoms. The van der Waals surface area contributed by atoms with Crippen LogP contribution in [0.25, 0.3) is 55.6 Å². The van der Waals surface area contributed by atoms with Crippen molar-refractivity contribution in [1.29, 1.82) is 0 Å². The highest BCUT2D eigenvalue weighted by atomic mass is 15.1. The van der Waals surface area contributed by atoms with Gasteiger partial charge in [0.25, 0.3) is 0 Å². The van der Waals surface area contributed by atoms with Gasteiger partial charge in [0, 0.05) is 27.8 Å². The largest absolute Gasteiger partial charge is 0.303 e. The van der Waals surface area contributed by atoms with Gasteiger partial charge in [-0.25, -0.2) is 0 Å². The Morgan fingerprint density at radius 2 is 0.765 bits per heavy atom. The Hall–Kier alpha value is -8.18. The molecular formula is C67H49N. The Morgan fingerprint density at radius 3 is 1.35 bits per heavy atom. The molecule has 1 spiro atoms. The molecule has 13 rings (SSSR count). The van der Waals surface area contributed by atoms with Crippen LogP contribution in [0.3, 0.4) is 0 Å². The van der Waals surface area contributed by atoms with E-state index >= 15 is 0 Å². The average Bonchev–Trinajstić information content (AvgIpc) is 3.82. The van der Waals surface area contributed by atoms with Crippen molar-refractivity contribution in [2.75, 3.05) is 4.90 Å². The van der Waals surface area contributed by atoms with E-state index in [9.17, 15) is 0 Å². The van der Waals surface area contributed by atoms with Crippen molar-refractivity contribution in [3.8, 4) is 55.6 Å². The second kappa shape index (κ2) is 14.9. The predicted molar refractivity (Wildman–Crippen MR) is 282 cm³/mol. The van der Waals surface area contributed by atoms with Crippen LogP contribution in [0.4, 0.5) is 17.1 Å². The monoisotopic (exact) mass is 867 g/mol. The number of nitrogens with zero attached hydrogens (tertiary/aromatic N) is 1. The van der Waals surface area contributed by atoms with Crippen molar-refractivity contribution < 1.29 is 0 Å². The van der Waals surface area contributed by atoms with E-state index in [2.05, 4.69) is 269 Å². The van der Waals surface area contributed by atoms with Gasteiger partial charge in [-0.1, -0.05) is 222 Å². The molecule has 3 aliphatic rings. The Morgan fingerprint density at radius 1 is 0.309 bits per heavy atom. The minimum atomic E-state index is -0.437. The molecule has 0 saturated carbocycles. The number of fused-ring (bicyclic) bond motifs is 12. The van der Waals surface area contributed by atoms with E-state index in [1.165, 1.54) is 94.6 Å². The zero-order valence-corrected chi connectivity index (χ0v) is 38.8. The lowest BCUT2D eigenvalue weighted by atomic mass is 9.55. The molecule has 0 heterocycles. The van der Waals surface area contributed by atoms with E-state index in [0.717, 1.165) is 22.6 Å². The Bertz CT molecular complexity index is 3460. The molecule has 0 aliphatic heterocycles. The maximum Gasteiger partial charge on any atom is 0.0977 e. The molecule has 0 fully saturated rings. The fourth-order valence-electron chi connectivity index (χ4n) is 12.3. The minimum absolute atomic E-state index is 0.139. The highest BCUT2D eigenvalue weighted by molar-refractivity contribution is 5.97. The summed E-state index contributed by atoms with van der Waals surface area (Å²) in [5.74, 6) is 0. The van der Waals surface area contributed by atoms with Gasteiger partial charge in [-0.15, -0.1) is 0 Å². The molecule has 0 radical (unpaired) electrons. The molecule has 3 aliphatic carbocycles. The van der Waals surface area contributed by atoms with E-state index in [1.54, 1.807) is 0 Å². The van der Waals surface area contributed by atoms with E-state index in [-0.39, 0.29) is 10.8 Å². The van der Waals surface area contributed by atoms with Gasteiger partial charge in [-0.2, -0.15) is 0 Å². The lowest BCUT2D eigenvalue weighted by molar-refractivity contribution is 0.563. The summed E-state index contributed by atoms with van der Waals surface area (Å²) in [6, 6.07) is 90.6. The highest BCUT2D eigenvalue weighted by Gasteiger charge is 2.53. The Labute approximate surface area is 400 Å². The van der Waals surface area contributed by atoms with Crippen LogP contribution in [0.1, 0.15) is 72.2 Å². The molecule has 0 N–H and O–H groups in total. The number of anilines is 3. The number of rotatable bonds is 6. The van der Waals surface area contributed by atoms with Gasteiger partial charge in [0.1, 0.15) is 0 Å². The fourth-order valence-corrected chi connectivity index (χ4v) is 12.3. The minimum Gasteiger partial charge on any atom is -0.303 e. The summed E-state index contributed by atoms with van der Waals surface area (Å²) in [7, 11) is 0. The van der Waals surface area contributed by atoms with Gasteiger partial charge in [-0.3, -0.25) is 0 Å². The van der Waals surface area contributed by atoms with Crippen molar-refractivity contribution in [3.63, 3.8) is 0 Å². The van der Waals surface area contributed by atoms with Crippen molar-refractivity contribution in [1.82, 2.24) is 0 Å². The summed E-state index contributed by atoms with van der Waals surface area (Å²) < 4.78 is 0. The second-order valence-corrected chi connectivity index (χ2v) is 19.9. The number of hydrogen-bond donors (Lipinski definition) is 0. The molecule has 0 amide bonds. The van der Waals surface area contributed by atoms with Gasteiger partial charge in [0.15, 0.2) is 0 Å². The number of hydrogen-bond acceptors (Lipinski definition) is 1. The molecule has 68 heavy (non-hydrogen) atoms. The number of benzene rings is 9. The molecule has 1 nitrogen and oxygen atoms in total. The topological polar surface area (TPSA) is 3.24 Å². The average molecular weight is 868 g/mol. The summed E-state index contributed by atoms with van der Waals surface area (Å²) >= 11 is 0. The van der Waals surface area contributed by atoms with Crippen LogP contribution in [0, 0.1) is 12.1 Å². The van der Waals surface area contributed by atoms with Crippen LogP contribution >= 0.6 is 0 Å². The van der Waals surface area contributed by atoms with Crippen molar-refractivity contribution in [2.24, 2.45) is 0 Å². The van der Waals surface area contributed by atoms with E-state index in [0.29, 0.717) is 0 Å². The van der Waals surface area contributed by atoms with Gasteiger partial charge in [-0.05, 0) is 137 Å². The first kappa shape index (κ1) is 40.1. The molecule has 10 aromatic rings. The zero-order valence-electron chi connectivity index (χ0n) is 38.8. The first-order chi connectivity index (χ1) is 33.2. The third-order valence-electron chi connectivity index (χ3n) is 15.6. The first-order valence-corrected chi connectivity index (χ1v) is 23.9. The predicted octanol–water partition coefficient (Wildman–Crippen LogP) is 17.1. The van der Waals surface area contributed by atoms with Gasteiger partial charge >= 0.3 is 0 Å². The first-order valence-electron chi connectivity index (χ1n) is 23.9. The second-order valence-electron chi connectivity index (χ2n) is 19.9.